The van der Waals surface area contributed by atoms with E-state index in [1.807, 2.05) is 0 Å². The Balaban J connectivity index is 0. The molecule has 0 bridgehead atoms. The number of hydrogen-bond donors (Lipinski definition) is 0. The van der Waals surface area contributed by atoms with Gasteiger partial charge < -0.3 is 16.4 Å². The van der Waals surface area contributed by atoms with Gasteiger partial charge in [-0.2, -0.15) is 0 Å². The summed E-state index contributed by atoms with van der Waals surface area (Å²) in [6, 6.07) is 0. The average Bonchev–Trinajstić information content (AvgIpc) is 0. The summed E-state index contributed by atoms with van der Waals surface area (Å²) in [4.78, 5) is 0. The molecule has 5 heavy (non-hydrogen) atoms. The van der Waals surface area contributed by atoms with E-state index in [0.717, 1.165) is 0 Å². The van der Waals surface area contributed by atoms with Gasteiger partial charge in [-0.25, -0.2) is 0 Å². The first-order chi connectivity index (χ1) is 0. The Kier molecular flexibility index (Phi) is 1910. The second-order valence-electron chi connectivity index (χ2n) is 0. The van der Waals surface area contributed by atoms with E-state index < -0.39 is 0 Å². The van der Waals surface area contributed by atoms with Crippen molar-refractivity contribution in [3.8, 4) is 0 Å². The zero-order valence-corrected chi connectivity index (χ0v) is 6.93. The third kappa shape index (κ3) is 41.0. The summed E-state index contributed by atoms with van der Waals surface area (Å²) in [5.41, 5.74) is 0. The molecule has 0 saturated heterocycles. The maximum absolute atomic E-state index is 0. The van der Waals surface area contributed by atoms with Crippen molar-refractivity contribution in [3.63, 3.8) is 0 Å². The zero-order valence-electron chi connectivity index (χ0n) is 2.56. The van der Waals surface area contributed by atoms with Crippen LogP contribution in [-0.4, -0.2) is 11.0 Å². The van der Waals surface area contributed by atoms with Gasteiger partial charge in [0.05, 0.1) is 0 Å². The van der Waals surface area contributed by atoms with Crippen molar-refractivity contribution < 1.29 is 54.5 Å². The van der Waals surface area contributed by atoms with Crippen LogP contribution in [0, 0.1) is 0 Å². The van der Waals surface area contributed by atoms with Gasteiger partial charge in [-0.05, 0) is 0 Å². The van der Waals surface area contributed by atoms with Crippen LogP contribution in [0.15, 0.2) is 0 Å². The molecule has 29 valence electrons. The summed E-state index contributed by atoms with van der Waals surface area (Å²) in [7, 11) is 0. The Labute approximate surface area is 54.7 Å². The minimum atomic E-state index is 0. The second kappa shape index (κ2) is 71.8. The van der Waals surface area contributed by atoms with Crippen LogP contribution in [0.3, 0.4) is 0 Å². The molecule has 0 atom stereocenters. The molecule has 3 nitrogen and oxygen atoms in total. The molecule has 0 fully saturated rings. The van der Waals surface area contributed by atoms with Gasteiger partial charge in [-0.1, -0.05) is 0 Å². The van der Waals surface area contributed by atoms with Crippen molar-refractivity contribution in [1.82, 2.24) is 0 Å². The van der Waals surface area contributed by atoms with Crippen LogP contribution in [0.2, 0.25) is 0 Å². The van der Waals surface area contributed by atoms with Crippen molar-refractivity contribution in [2.75, 3.05) is 0 Å². The molecule has 0 heterocycles. The summed E-state index contributed by atoms with van der Waals surface area (Å²) in [5.74, 6) is 0. The molecule has 0 saturated carbocycles. The first-order valence-electron chi connectivity index (χ1n) is 0. The first kappa shape index (κ1) is 133. The SMILES string of the molecule is O.O.[O-2].[V].[Zn+2]. The molecule has 1 radical (unpaired) electrons. The summed E-state index contributed by atoms with van der Waals surface area (Å²) in [5, 5.41) is 0. The Morgan fingerprint density at radius 2 is 0.800 bits per heavy atom. The van der Waals surface area contributed by atoms with E-state index >= 15 is 0 Å². The minimum Gasteiger partial charge on any atom is -2.00 e. The van der Waals surface area contributed by atoms with Gasteiger partial charge in [-0.15, -0.1) is 0 Å². The van der Waals surface area contributed by atoms with E-state index in [9.17, 15) is 0 Å². The van der Waals surface area contributed by atoms with Gasteiger partial charge in [0.25, 0.3) is 0 Å². The van der Waals surface area contributed by atoms with Crippen molar-refractivity contribution in [1.29, 1.82) is 0 Å². The average molecular weight is 168 g/mol. The summed E-state index contributed by atoms with van der Waals surface area (Å²) >= 11 is 0. The smallest absolute Gasteiger partial charge is 2.00 e. The maximum Gasteiger partial charge on any atom is 2.00 e. The summed E-state index contributed by atoms with van der Waals surface area (Å²) in [6.45, 7) is 0. The molecule has 0 aliphatic carbocycles. The fourth-order valence-electron chi connectivity index (χ4n) is 0. The van der Waals surface area contributed by atoms with Crippen LogP contribution in [0.25, 0.3) is 0 Å². The number of rotatable bonds is 0. The van der Waals surface area contributed by atoms with Gasteiger partial charge in [0, 0.05) is 18.6 Å². The third-order valence-corrected chi connectivity index (χ3v) is 0. The monoisotopic (exact) mass is 167 g/mol. The molecule has 0 aromatic heterocycles. The normalized spacial score (nSPS) is 0. The van der Waals surface area contributed by atoms with Crippen molar-refractivity contribution in [2.24, 2.45) is 0 Å². The van der Waals surface area contributed by atoms with Crippen LogP contribution in [0.4, 0.5) is 0 Å². The topological polar surface area (TPSA) is 91.5 Å². The molecule has 0 spiro atoms. The van der Waals surface area contributed by atoms with Crippen LogP contribution in [0.5, 0.6) is 0 Å². The fourth-order valence-corrected chi connectivity index (χ4v) is 0. The van der Waals surface area contributed by atoms with E-state index in [1.165, 1.54) is 0 Å². The maximum atomic E-state index is 0. The van der Waals surface area contributed by atoms with Crippen LogP contribution >= 0.6 is 0 Å². The first-order valence-corrected chi connectivity index (χ1v) is 0. The minimum absolute atomic E-state index is 0. The van der Waals surface area contributed by atoms with Crippen LogP contribution in [-0.2, 0) is 43.5 Å². The van der Waals surface area contributed by atoms with Gasteiger partial charge >= 0.3 is 19.5 Å². The largest absolute Gasteiger partial charge is 2.00 e. The Bertz CT molecular complexity index is 6.85. The second-order valence-corrected chi connectivity index (χ2v) is 0. The fraction of sp³-hybridized carbons (Fsp3) is 0. The number of hydrogen-bond acceptors (Lipinski definition) is 0. The molecule has 0 aromatic carbocycles. The van der Waals surface area contributed by atoms with Crippen molar-refractivity contribution >= 4 is 0 Å². The van der Waals surface area contributed by atoms with E-state index in [2.05, 4.69) is 0 Å². The predicted molar refractivity (Wildman–Crippen MR) is 7.91 cm³/mol. The van der Waals surface area contributed by atoms with Gasteiger partial charge in [0.2, 0.25) is 0 Å². The predicted octanol–water partition coefficient (Wildman–Crippen LogP) is -1.77. The third-order valence-electron chi connectivity index (χ3n) is 0. The molecule has 0 aliphatic rings. The van der Waals surface area contributed by atoms with Crippen LogP contribution < -0.4 is 0 Å². The van der Waals surface area contributed by atoms with Gasteiger partial charge in [-0.3, -0.25) is 0 Å². The summed E-state index contributed by atoms with van der Waals surface area (Å²) < 4.78 is 0. The van der Waals surface area contributed by atoms with Crippen molar-refractivity contribution in [3.05, 3.63) is 0 Å². The van der Waals surface area contributed by atoms with E-state index in [1.54, 1.807) is 0 Å². The summed E-state index contributed by atoms with van der Waals surface area (Å²) in [6.07, 6.45) is 0. The molecule has 5 heteroatoms. The van der Waals surface area contributed by atoms with Gasteiger partial charge in [0.1, 0.15) is 0 Å². The molecule has 0 amide bonds. The molecule has 0 aliphatic heterocycles. The molecule has 4 N–H and O–H groups in total. The molecule has 0 aromatic rings. The van der Waals surface area contributed by atoms with E-state index in [4.69, 9.17) is 0 Å². The molecule has 0 unspecified atom stereocenters. The van der Waals surface area contributed by atoms with E-state index in [-0.39, 0.29) is 54.5 Å². The molecular weight excluding hydrogens is 164 g/mol. The molecule has 0 rings (SSSR count). The standard InChI is InChI=1S/2H2O.O.V.Zn/h2*1H2;;;/q;;-2;;+2. The quantitative estimate of drug-likeness (QED) is 0.383. The van der Waals surface area contributed by atoms with Crippen molar-refractivity contribution in [2.45, 2.75) is 0 Å². The van der Waals surface area contributed by atoms with E-state index in [0.29, 0.717) is 0 Å². The Morgan fingerprint density at radius 3 is 0.800 bits per heavy atom. The zero-order chi connectivity index (χ0) is 0. The Morgan fingerprint density at radius 1 is 0.800 bits per heavy atom. The Hall–Kier alpha value is 1.09. The van der Waals surface area contributed by atoms with Gasteiger partial charge in [0.15, 0.2) is 0 Å². The molecular formula is H4O3VZn. The van der Waals surface area contributed by atoms with Crippen LogP contribution in [0.1, 0.15) is 0 Å².